The van der Waals surface area contributed by atoms with Gasteiger partial charge in [0.2, 0.25) is 0 Å². The molecule has 1 aromatic rings. The van der Waals surface area contributed by atoms with Crippen LogP contribution in [0, 0.1) is 0 Å². The number of benzene rings is 1. The average molecular weight is 195 g/mol. The van der Waals surface area contributed by atoms with E-state index in [1.54, 1.807) is 0 Å². The summed E-state index contributed by atoms with van der Waals surface area (Å²) in [5.41, 5.74) is 7.25. The molecule has 2 N–H and O–H groups in total. The summed E-state index contributed by atoms with van der Waals surface area (Å²) in [5.74, 6) is 1.00. The van der Waals surface area contributed by atoms with E-state index in [4.69, 9.17) is 5.73 Å². The lowest BCUT2D eigenvalue weighted by atomic mass is 10.1. The van der Waals surface area contributed by atoms with Crippen molar-refractivity contribution >= 4 is 11.8 Å². The van der Waals surface area contributed by atoms with Gasteiger partial charge in [0.05, 0.1) is 0 Å². The van der Waals surface area contributed by atoms with E-state index in [1.807, 2.05) is 30.0 Å². The van der Waals surface area contributed by atoms with Crippen LogP contribution in [-0.2, 0) is 0 Å². The molecule has 0 saturated carbocycles. The highest BCUT2D eigenvalue weighted by atomic mass is 32.2. The molecule has 0 aliphatic rings. The van der Waals surface area contributed by atoms with Gasteiger partial charge in [0, 0.05) is 11.8 Å². The van der Waals surface area contributed by atoms with Gasteiger partial charge in [-0.25, -0.2) is 0 Å². The minimum absolute atomic E-state index is 0.175. The van der Waals surface area contributed by atoms with Gasteiger partial charge in [-0.3, -0.25) is 0 Å². The fourth-order valence-electron chi connectivity index (χ4n) is 1.09. The largest absolute Gasteiger partial charge is 0.323 e. The Hall–Kier alpha value is -0.470. The molecule has 1 rings (SSSR count). The molecule has 0 aliphatic heterocycles. The fourth-order valence-corrected chi connectivity index (χ4v) is 1.88. The summed E-state index contributed by atoms with van der Waals surface area (Å²) in [5, 5.41) is 0.662. The van der Waals surface area contributed by atoms with Crippen LogP contribution in [0.25, 0.3) is 0 Å². The monoisotopic (exact) mass is 195 g/mol. The van der Waals surface area contributed by atoms with Gasteiger partial charge < -0.3 is 5.73 Å². The van der Waals surface area contributed by atoms with Crippen molar-refractivity contribution in [3.05, 3.63) is 35.9 Å². The predicted molar refractivity (Wildman–Crippen MR) is 61.0 cm³/mol. The van der Waals surface area contributed by atoms with Gasteiger partial charge in [-0.2, -0.15) is 11.8 Å². The third kappa shape index (κ3) is 3.83. The molecule has 13 heavy (non-hydrogen) atoms. The Morgan fingerprint density at radius 1 is 1.23 bits per heavy atom. The summed E-state index contributed by atoms with van der Waals surface area (Å²) in [4.78, 5) is 0. The number of hydrogen-bond acceptors (Lipinski definition) is 2. The molecule has 0 amide bonds. The standard InChI is InChI=1S/C11H17NS/c1-9(2)13-8-11(12)10-6-4-3-5-7-10/h3-7,9,11H,8,12H2,1-2H3. The van der Waals surface area contributed by atoms with Gasteiger partial charge in [-0.05, 0) is 10.8 Å². The van der Waals surface area contributed by atoms with Crippen LogP contribution in [0.2, 0.25) is 0 Å². The molecule has 2 heteroatoms. The van der Waals surface area contributed by atoms with E-state index in [0.717, 1.165) is 5.75 Å². The van der Waals surface area contributed by atoms with E-state index in [9.17, 15) is 0 Å². The van der Waals surface area contributed by atoms with Crippen molar-refractivity contribution in [2.24, 2.45) is 5.73 Å². The summed E-state index contributed by atoms with van der Waals surface area (Å²) in [6, 6.07) is 10.4. The average Bonchev–Trinajstić information content (AvgIpc) is 2.15. The van der Waals surface area contributed by atoms with Crippen LogP contribution in [0.4, 0.5) is 0 Å². The maximum atomic E-state index is 6.02. The minimum atomic E-state index is 0.175. The lowest BCUT2D eigenvalue weighted by Crippen LogP contribution is -2.13. The molecule has 0 aliphatic carbocycles. The van der Waals surface area contributed by atoms with Crippen LogP contribution in [-0.4, -0.2) is 11.0 Å². The van der Waals surface area contributed by atoms with Crippen LogP contribution in [0.15, 0.2) is 30.3 Å². The highest BCUT2D eigenvalue weighted by Crippen LogP contribution is 2.18. The third-order valence-electron chi connectivity index (χ3n) is 1.84. The van der Waals surface area contributed by atoms with Crippen molar-refractivity contribution in [3.8, 4) is 0 Å². The lowest BCUT2D eigenvalue weighted by Gasteiger charge is -2.12. The van der Waals surface area contributed by atoms with Crippen molar-refractivity contribution in [2.45, 2.75) is 25.1 Å². The van der Waals surface area contributed by atoms with E-state index in [2.05, 4.69) is 26.0 Å². The Morgan fingerprint density at radius 2 is 1.85 bits per heavy atom. The first-order valence-electron chi connectivity index (χ1n) is 4.62. The van der Waals surface area contributed by atoms with Gasteiger partial charge in [-0.1, -0.05) is 44.2 Å². The molecule has 1 aromatic carbocycles. The predicted octanol–water partition coefficient (Wildman–Crippen LogP) is 2.83. The molecule has 0 saturated heterocycles. The van der Waals surface area contributed by atoms with Crippen molar-refractivity contribution < 1.29 is 0 Å². The van der Waals surface area contributed by atoms with Crippen molar-refractivity contribution in [2.75, 3.05) is 5.75 Å². The highest BCUT2D eigenvalue weighted by Gasteiger charge is 2.05. The molecule has 1 atom stereocenters. The van der Waals surface area contributed by atoms with Crippen LogP contribution in [0.3, 0.4) is 0 Å². The topological polar surface area (TPSA) is 26.0 Å². The van der Waals surface area contributed by atoms with Gasteiger partial charge in [0.1, 0.15) is 0 Å². The molecular formula is C11H17NS. The van der Waals surface area contributed by atoms with Crippen LogP contribution in [0.5, 0.6) is 0 Å². The Balaban J connectivity index is 2.44. The summed E-state index contributed by atoms with van der Waals surface area (Å²) >= 11 is 1.91. The van der Waals surface area contributed by atoms with Gasteiger partial charge in [0.25, 0.3) is 0 Å². The maximum Gasteiger partial charge on any atom is 0.0386 e. The summed E-state index contributed by atoms with van der Waals surface area (Å²) in [7, 11) is 0. The molecule has 1 nitrogen and oxygen atoms in total. The zero-order chi connectivity index (χ0) is 9.68. The zero-order valence-corrected chi connectivity index (χ0v) is 9.05. The van der Waals surface area contributed by atoms with Gasteiger partial charge in [0.15, 0.2) is 0 Å². The summed E-state index contributed by atoms with van der Waals surface area (Å²) < 4.78 is 0. The Bertz CT molecular complexity index is 233. The number of nitrogens with two attached hydrogens (primary N) is 1. The molecule has 0 fully saturated rings. The second-order valence-corrected chi connectivity index (χ2v) is 5.01. The van der Waals surface area contributed by atoms with Gasteiger partial charge in [-0.15, -0.1) is 0 Å². The lowest BCUT2D eigenvalue weighted by molar-refractivity contribution is 0.828. The van der Waals surface area contributed by atoms with Crippen molar-refractivity contribution in [3.63, 3.8) is 0 Å². The van der Waals surface area contributed by atoms with Crippen molar-refractivity contribution in [1.29, 1.82) is 0 Å². The molecule has 0 radical (unpaired) electrons. The zero-order valence-electron chi connectivity index (χ0n) is 8.23. The normalized spacial score (nSPS) is 13.2. The Morgan fingerprint density at radius 3 is 2.38 bits per heavy atom. The fraction of sp³-hybridized carbons (Fsp3) is 0.455. The first-order chi connectivity index (χ1) is 6.20. The first kappa shape index (κ1) is 10.6. The molecule has 0 bridgehead atoms. The highest BCUT2D eigenvalue weighted by molar-refractivity contribution is 7.99. The van der Waals surface area contributed by atoms with Crippen LogP contribution in [0.1, 0.15) is 25.5 Å². The van der Waals surface area contributed by atoms with Crippen molar-refractivity contribution in [1.82, 2.24) is 0 Å². The van der Waals surface area contributed by atoms with Crippen LogP contribution < -0.4 is 5.73 Å². The number of thioether (sulfide) groups is 1. The van der Waals surface area contributed by atoms with E-state index >= 15 is 0 Å². The van der Waals surface area contributed by atoms with E-state index in [-0.39, 0.29) is 6.04 Å². The summed E-state index contributed by atoms with van der Waals surface area (Å²) in [6.45, 7) is 4.39. The summed E-state index contributed by atoms with van der Waals surface area (Å²) in [6.07, 6.45) is 0. The minimum Gasteiger partial charge on any atom is -0.323 e. The second-order valence-electron chi connectivity index (χ2n) is 3.40. The molecule has 1 unspecified atom stereocenters. The Kier molecular flexibility index (Phi) is 4.33. The molecule has 0 aromatic heterocycles. The van der Waals surface area contributed by atoms with E-state index < -0.39 is 0 Å². The number of rotatable bonds is 4. The Labute approximate surface area is 84.7 Å². The van der Waals surface area contributed by atoms with Crippen LogP contribution >= 0.6 is 11.8 Å². The molecule has 72 valence electrons. The quantitative estimate of drug-likeness (QED) is 0.799. The smallest absolute Gasteiger partial charge is 0.0386 e. The van der Waals surface area contributed by atoms with E-state index in [0.29, 0.717) is 5.25 Å². The molecule has 0 heterocycles. The third-order valence-corrected chi connectivity index (χ3v) is 3.06. The SMILES string of the molecule is CC(C)SCC(N)c1ccccc1. The second kappa shape index (κ2) is 5.30. The first-order valence-corrected chi connectivity index (χ1v) is 5.67. The number of hydrogen-bond donors (Lipinski definition) is 1. The molecule has 0 spiro atoms. The maximum absolute atomic E-state index is 6.02. The van der Waals surface area contributed by atoms with Gasteiger partial charge >= 0.3 is 0 Å². The molecular weight excluding hydrogens is 178 g/mol. The van der Waals surface area contributed by atoms with E-state index in [1.165, 1.54) is 5.56 Å².